The van der Waals surface area contributed by atoms with Gasteiger partial charge in [-0.25, -0.2) is 0 Å². The molecule has 0 aliphatic heterocycles. The number of hydrogen-bond donors (Lipinski definition) is 0. The number of aryl methyl sites for hydroxylation is 1. The Morgan fingerprint density at radius 2 is 2.31 bits per heavy atom. The van der Waals surface area contributed by atoms with Crippen LogP contribution in [0.5, 0.6) is 5.75 Å². The van der Waals surface area contributed by atoms with Crippen molar-refractivity contribution in [3.05, 3.63) is 40.4 Å². The van der Waals surface area contributed by atoms with Gasteiger partial charge in [0.05, 0.1) is 4.47 Å². The highest BCUT2D eigenvalue weighted by Gasteiger charge is 2.02. The molecule has 0 saturated carbocycles. The summed E-state index contributed by atoms with van der Waals surface area (Å²) >= 11 is 3.45. The number of rotatable bonds is 6. The maximum atomic E-state index is 10.3. The molecule has 0 bridgehead atoms. The Labute approximate surface area is 104 Å². The molecule has 0 aliphatic rings. The van der Waals surface area contributed by atoms with E-state index >= 15 is 0 Å². The summed E-state index contributed by atoms with van der Waals surface area (Å²) in [6, 6.07) is 5.87. The van der Waals surface area contributed by atoms with Crippen molar-refractivity contribution in [3.63, 3.8) is 0 Å². The molecule has 0 atom stereocenters. The molecule has 3 heteroatoms. The Hall–Kier alpha value is -1.09. The van der Waals surface area contributed by atoms with Crippen LogP contribution in [0.4, 0.5) is 0 Å². The lowest BCUT2D eigenvalue weighted by molar-refractivity contribution is -0.107. The molecule has 16 heavy (non-hydrogen) atoms. The van der Waals surface area contributed by atoms with Crippen LogP contribution in [0.1, 0.15) is 18.9 Å². The minimum atomic E-state index is 0.520. The van der Waals surface area contributed by atoms with E-state index in [1.165, 1.54) is 0 Å². The van der Waals surface area contributed by atoms with Crippen molar-refractivity contribution < 1.29 is 9.53 Å². The zero-order valence-electron chi connectivity index (χ0n) is 9.33. The first kappa shape index (κ1) is 13.0. The van der Waals surface area contributed by atoms with E-state index in [0.717, 1.165) is 34.1 Å². The van der Waals surface area contributed by atoms with Gasteiger partial charge in [-0.2, -0.15) is 0 Å². The molecule has 0 radical (unpaired) electrons. The number of carbonyl (C=O) groups excluding carboxylic acids is 1. The largest absolute Gasteiger partial charge is 0.488 e. The first-order chi connectivity index (χ1) is 7.63. The standard InChI is InChI=1S/C13H15BrO2/c1-10(2)9-16-13-6-5-11(4-3-7-15)8-12(13)14/h5-8H,1,3-4,9H2,2H3. The van der Waals surface area contributed by atoms with E-state index in [0.29, 0.717) is 13.0 Å². The third-order valence-corrected chi connectivity index (χ3v) is 2.64. The van der Waals surface area contributed by atoms with Crippen LogP contribution in [0.3, 0.4) is 0 Å². The van der Waals surface area contributed by atoms with Crippen molar-refractivity contribution in [3.8, 4) is 5.75 Å². The van der Waals surface area contributed by atoms with Gasteiger partial charge in [-0.15, -0.1) is 0 Å². The summed E-state index contributed by atoms with van der Waals surface area (Å²) in [4.78, 5) is 10.3. The van der Waals surface area contributed by atoms with E-state index in [9.17, 15) is 4.79 Å². The SMILES string of the molecule is C=C(C)COc1ccc(CCC=O)cc1Br. The molecule has 0 heterocycles. The predicted molar refractivity (Wildman–Crippen MR) is 68.8 cm³/mol. The van der Waals surface area contributed by atoms with Crippen molar-refractivity contribution in [1.29, 1.82) is 0 Å². The summed E-state index contributed by atoms with van der Waals surface area (Å²) in [6.07, 6.45) is 2.25. The Kier molecular flexibility index (Phi) is 5.26. The number of ether oxygens (including phenoxy) is 1. The molecular weight excluding hydrogens is 268 g/mol. The molecular formula is C13H15BrO2. The second-order valence-corrected chi connectivity index (χ2v) is 4.57. The van der Waals surface area contributed by atoms with Crippen LogP contribution in [0.25, 0.3) is 0 Å². The van der Waals surface area contributed by atoms with E-state index in [4.69, 9.17) is 4.74 Å². The summed E-state index contributed by atoms with van der Waals surface area (Å²) in [6.45, 7) is 6.22. The summed E-state index contributed by atoms with van der Waals surface area (Å²) < 4.78 is 6.46. The van der Waals surface area contributed by atoms with Crippen LogP contribution in [0, 0.1) is 0 Å². The normalized spacial score (nSPS) is 9.88. The van der Waals surface area contributed by atoms with Gasteiger partial charge in [-0.05, 0) is 52.5 Å². The van der Waals surface area contributed by atoms with Gasteiger partial charge in [0.25, 0.3) is 0 Å². The smallest absolute Gasteiger partial charge is 0.133 e. The number of aldehydes is 1. The van der Waals surface area contributed by atoms with E-state index < -0.39 is 0 Å². The second kappa shape index (κ2) is 6.48. The minimum absolute atomic E-state index is 0.520. The van der Waals surface area contributed by atoms with Crippen molar-refractivity contribution >= 4 is 22.2 Å². The van der Waals surface area contributed by atoms with Crippen LogP contribution in [-0.4, -0.2) is 12.9 Å². The Balaban J connectivity index is 2.67. The zero-order chi connectivity index (χ0) is 12.0. The van der Waals surface area contributed by atoms with Gasteiger partial charge >= 0.3 is 0 Å². The fraction of sp³-hybridized carbons (Fsp3) is 0.308. The third-order valence-electron chi connectivity index (χ3n) is 2.02. The van der Waals surface area contributed by atoms with Crippen LogP contribution in [-0.2, 0) is 11.2 Å². The summed E-state index contributed by atoms with van der Waals surface area (Å²) in [7, 11) is 0. The first-order valence-corrected chi connectivity index (χ1v) is 5.92. The molecule has 0 N–H and O–H groups in total. The van der Waals surface area contributed by atoms with Gasteiger partial charge in [0.15, 0.2) is 0 Å². The van der Waals surface area contributed by atoms with Crippen molar-refractivity contribution in [2.24, 2.45) is 0 Å². The molecule has 0 amide bonds. The average Bonchev–Trinajstić information content (AvgIpc) is 2.24. The fourth-order valence-electron chi connectivity index (χ4n) is 1.24. The third kappa shape index (κ3) is 4.19. The zero-order valence-corrected chi connectivity index (χ0v) is 10.9. The molecule has 86 valence electrons. The molecule has 1 rings (SSSR count). The number of halogens is 1. The maximum Gasteiger partial charge on any atom is 0.133 e. The molecule has 0 fully saturated rings. The molecule has 0 aliphatic carbocycles. The predicted octanol–water partition coefficient (Wildman–Crippen LogP) is 3.54. The van der Waals surface area contributed by atoms with Crippen LogP contribution in [0.15, 0.2) is 34.8 Å². The average molecular weight is 283 g/mol. The van der Waals surface area contributed by atoms with Crippen molar-refractivity contribution in [2.75, 3.05) is 6.61 Å². The van der Waals surface area contributed by atoms with Crippen LogP contribution in [0.2, 0.25) is 0 Å². The quantitative estimate of drug-likeness (QED) is 0.589. The highest BCUT2D eigenvalue weighted by molar-refractivity contribution is 9.10. The molecule has 0 aromatic heterocycles. The maximum absolute atomic E-state index is 10.3. The van der Waals surface area contributed by atoms with Gasteiger partial charge in [-0.1, -0.05) is 12.6 Å². The lowest BCUT2D eigenvalue weighted by Gasteiger charge is -2.09. The molecule has 1 aromatic rings. The molecule has 1 aromatic carbocycles. The van der Waals surface area contributed by atoms with E-state index in [-0.39, 0.29) is 0 Å². The molecule has 0 unspecified atom stereocenters. The minimum Gasteiger partial charge on any atom is -0.488 e. The van der Waals surface area contributed by atoms with E-state index in [2.05, 4.69) is 22.5 Å². The van der Waals surface area contributed by atoms with Gasteiger partial charge in [0, 0.05) is 6.42 Å². The van der Waals surface area contributed by atoms with Crippen LogP contribution < -0.4 is 4.74 Å². The van der Waals surface area contributed by atoms with Gasteiger partial charge in [0.2, 0.25) is 0 Å². The Morgan fingerprint density at radius 1 is 1.56 bits per heavy atom. The second-order valence-electron chi connectivity index (χ2n) is 3.72. The van der Waals surface area contributed by atoms with E-state index in [1.54, 1.807) is 0 Å². The van der Waals surface area contributed by atoms with Gasteiger partial charge in [0.1, 0.15) is 18.6 Å². The van der Waals surface area contributed by atoms with Crippen molar-refractivity contribution in [2.45, 2.75) is 19.8 Å². The fourth-order valence-corrected chi connectivity index (χ4v) is 1.78. The molecule has 2 nitrogen and oxygen atoms in total. The molecule has 0 saturated heterocycles. The topological polar surface area (TPSA) is 26.3 Å². The lowest BCUT2D eigenvalue weighted by Crippen LogP contribution is -1.98. The van der Waals surface area contributed by atoms with Gasteiger partial charge in [-0.3, -0.25) is 0 Å². The summed E-state index contributed by atoms with van der Waals surface area (Å²) in [5.41, 5.74) is 2.11. The monoisotopic (exact) mass is 282 g/mol. The molecule has 0 spiro atoms. The van der Waals surface area contributed by atoms with Crippen molar-refractivity contribution in [1.82, 2.24) is 0 Å². The highest BCUT2D eigenvalue weighted by Crippen LogP contribution is 2.26. The first-order valence-electron chi connectivity index (χ1n) is 5.12. The highest BCUT2D eigenvalue weighted by atomic mass is 79.9. The lowest BCUT2D eigenvalue weighted by atomic mass is 10.1. The van der Waals surface area contributed by atoms with Crippen LogP contribution >= 0.6 is 15.9 Å². The van der Waals surface area contributed by atoms with Gasteiger partial charge < -0.3 is 9.53 Å². The van der Waals surface area contributed by atoms with E-state index in [1.807, 2.05) is 25.1 Å². The number of benzene rings is 1. The number of hydrogen-bond acceptors (Lipinski definition) is 2. The summed E-state index contributed by atoms with van der Waals surface area (Å²) in [5, 5.41) is 0. The Morgan fingerprint density at radius 3 is 2.88 bits per heavy atom. The summed E-state index contributed by atoms with van der Waals surface area (Å²) in [5.74, 6) is 0.804. The Bertz CT molecular complexity index is 386. The number of carbonyl (C=O) groups is 1.